The van der Waals surface area contributed by atoms with Gasteiger partial charge in [-0.3, -0.25) is 0 Å². The number of unbranched alkanes of at least 4 members (excludes halogenated alkanes) is 17. The van der Waals surface area contributed by atoms with Crippen LogP contribution < -0.4 is 0 Å². The second kappa shape index (κ2) is 24.9. The van der Waals surface area contributed by atoms with Crippen molar-refractivity contribution in [3.05, 3.63) is 48.6 Å². The maximum absolute atomic E-state index is 6.61. The summed E-state index contributed by atoms with van der Waals surface area (Å²) in [6.07, 6.45) is 55.0. The zero-order valence-electron chi connectivity index (χ0n) is 31.5. The van der Waals surface area contributed by atoms with Crippen LogP contribution in [0.3, 0.4) is 0 Å². The van der Waals surface area contributed by atoms with E-state index in [1.54, 1.807) is 0 Å². The molecule has 0 aromatic heterocycles. The molecule has 1 saturated carbocycles. The molecular weight excluding hydrogens is 574 g/mol. The van der Waals surface area contributed by atoms with Crippen molar-refractivity contribution in [3.63, 3.8) is 0 Å². The monoisotopic (exact) mass is 652 g/mol. The molecule has 47 heavy (non-hydrogen) atoms. The van der Waals surface area contributed by atoms with E-state index in [0.717, 1.165) is 38.8 Å². The van der Waals surface area contributed by atoms with Gasteiger partial charge < -0.3 is 14.4 Å². The summed E-state index contributed by atoms with van der Waals surface area (Å²) in [5, 5.41) is 0. The SMILES string of the molecule is CCCC/C=C\C/C=C\CCCCCCCCC1(CCCCCCCC/C=C\C/C=C\CCCCC)CC2(C1)O[C@H]1CN(C)C[C@H]1O2. The summed E-state index contributed by atoms with van der Waals surface area (Å²) in [7, 11) is 2.19. The molecule has 2 heterocycles. The van der Waals surface area contributed by atoms with Crippen molar-refractivity contribution in [2.45, 2.75) is 205 Å². The normalized spacial score (nSPS) is 26.3. The molecule has 3 nitrogen and oxygen atoms in total. The van der Waals surface area contributed by atoms with Gasteiger partial charge in [0, 0.05) is 25.9 Å². The lowest BCUT2D eigenvalue weighted by molar-refractivity contribution is -0.281. The molecule has 0 radical (unpaired) electrons. The number of hydrogen-bond acceptors (Lipinski definition) is 3. The highest BCUT2D eigenvalue weighted by Crippen LogP contribution is 2.60. The Hall–Kier alpha value is -1.16. The third kappa shape index (κ3) is 16.9. The van der Waals surface area contributed by atoms with Crippen LogP contribution in [0.2, 0.25) is 0 Å². The van der Waals surface area contributed by atoms with Gasteiger partial charge in [-0.05, 0) is 83.1 Å². The van der Waals surface area contributed by atoms with Crippen molar-refractivity contribution in [3.8, 4) is 0 Å². The third-order valence-corrected chi connectivity index (χ3v) is 11.0. The molecular formula is C44H77NO2. The Morgan fingerprint density at radius 1 is 0.489 bits per heavy atom. The quantitative estimate of drug-likeness (QED) is 0.0593. The van der Waals surface area contributed by atoms with Gasteiger partial charge in [-0.15, -0.1) is 0 Å². The second-order valence-electron chi connectivity index (χ2n) is 15.6. The zero-order valence-corrected chi connectivity index (χ0v) is 31.5. The standard InChI is InChI=1S/C44H77NO2/c1-4-6-8-10-12-14-16-18-20-22-24-26-28-30-32-34-36-43(39-44(40-43)46-41-37-45(3)38-42(41)47-44)35-33-31-29-27-25-23-21-19-17-15-13-11-9-7-5-2/h11-14,17-20,41-42H,4-10,15-16,21-40H2,1-3H3/b13-11-,14-12-,19-17-,20-18-/t41-,42+,43?,44?. The van der Waals surface area contributed by atoms with E-state index >= 15 is 0 Å². The Labute approximate surface area is 293 Å². The minimum Gasteiger partial charge on any atom is -0.343 e. The molecule has 0 aromatic rings. The number of likely N-dealkylation sites (tertiary alicyclic amines) is 1. The Balaban J connectivity index is 1.23. The number of allylic oxidation sites excluding steroid dienone is 8. The van der Waals surface area contributed by atoms with Gasteiger partial charge >= 0.3 is 0 Å². The maximum atomic E-state index is 6.61. The third-order valence-electron chi connectivity index (χ3n) is 11.0. The van der Waals surface area contributed by atoms with Crippen LogP contribution in [-0.2, 0) is 9.47 Å². The lowest BCUT2D eigenvalue weighted by Gasteiger charge is -2.54. The summed E-state index contributed by atoms with van der Waals surface area (Å²) < 4.78 is 13.2. The molecule has 3 fully saturated rings. The van der Waals surface area contributed by atoms with Gasteiger partial charge in [0.15, 0.2) is 5.79 Å². The first kappa shape index (κ1) is 40.3. The molecule has 3 heteroatoms. The molecule has 1 spiro atoms. The number of fused-ring (bicyclic) bond motifs is 1. The maximum Gasteiger partial charge on any atom is 0.170 e. The van der Waals surface area contributed by atoms with Gasteiger partial charge in [0.1, 0.15) is 12.2 Å². The molecule has 2 atom stereocenters. The van der Waals surface area contributed by atoms with Crippen LogP contribution in [-0.4, -0.2) is 43.0 Å². The molecule has 0 bridgehead atoms. The molecule has 0 N–H and O–H groups in total. The Morgan fingerprint density at radius 3 is 1.32 bits per heavy atom. The molecule has 2 saturated heterocycles. The fourth-order valence-electron chi connectivity index (χ4n) is 8.25. The second-order valence-corrected chi connectivity index (χ2v) is 15.6. The summed E-state index contributed by atoms with van der Waals surface area (Å²) in [5.74, 6) is -0.242. The van der Waals surface area contributed by atoms with Crippen LogP contribution in [0.5, 0.6) is 0 Å². The highest BCUT2D eigenvalue weighted by molar-refractivity contribution is 5.06. The van der Waals surface area contributed by atoms with Gasteiger partial charge in [-0.1, -0.05) is 152 Å². The predicted octanol–water partition coefficient (Wildman–Crippen LogP) is 13.2. The van der Waals surface area contributed by atoms with E-state index in [9.17, 15) is 0 Å². The lowest BCUT2D eigenvalue weighted by Crippen LogP contribution is -2.54. The van der Waals surface area contributed by atoms with Crippen molar-refractivity contribution in [1.82, 2.24) is 4.90 Å². The van der Waals surface area contributed by atoms with Crippen LogP contribution in [0.1, 0.15) is 187 Å². The first-order chi connectivity index (χ1) is 23.1. The molecule has 0 aromatic carbocycles. The van der Waals surface area contributed by atoms with Gasteiger partial charge in [0.2, 0.25) is 0 Å². The molecule has 3 aliphatic rings. The van der Waals surface area contributed by atoms with Crippen molar-refractivity contribution in [2.75, 3.05) is 20.1 Å². The Bertz CT molecular complexity index is 865. The van der Waals surface area contributed by atoms with Crippen LogP contribution in [0.25, 0.3) is 0 Å². The highest BCUT2D eigenvalue weighted by atomic mass is 16.8. The molecule has 1 aliphatic carbocycles. The summed E-state index contributed by atoms with van der Waals surface area (Å²) >= 11 is 0. The van der Waals surface area contributed by atoms with E-state index in [0.29, 0.717) is 17.6 Å². The number of hydrogen-bond donors (Lipinski definition) is 0. The molecule has 0 unspecified atom stereocenters. The topological polar surface area (TPSA) is 21.7 Å². The number of nitrogens with zero attached hydrogens (tertiary/aromatic N) is 1. The van der Waals surface area contributed by atoms with Crippen molar-refractivity contribution in [2.24, 2.45) is 5.41 Å². The van der Waals surface area contributed by atoms with Gasteiger partial charge in [0.25, 0.3) is 0 Å². The molecule has 2 aliphatic heterocycles. The molecule has 3 rings (SSSR count). The predicted molar refractivity (Wildman–Crippen MR) is 205 cm³/mol. The number of likely N-dealkylation sites (N-methyl/N-ethyl adjacent to an activating group) is 1. The van der Waals surface area contributed by atoms with Gasteiger partial charge in [-0.25, -0.2) is 0 Å². The zero-order chi connectivity index (χ0) is 33.3. The van der Waals surface area contributed by atoms with E-state index in [4.69, 9.17) is 9.47 Å². The van der Waals surface area contributed by atoms with Crippen molar-refractivity contribution < 1.29 is 9.47 Å². The average Bonchev–Trinajstić information content (AvgIpc) is 3.56. The summed E-state index contributed by atoms with van der Waals surface area (Å²) in [6.45, 7) is 6.61. The van der Waals surface area contributed by atoms with Crippen molar-refractivity contribution in [1.29, 1.82) is 0 Å². The fraction of sp³-hybridized carbons (Fsp3) is 0.818. The summed E-state index contributed by atoms with van der Waals surface area (Å²) in [5.41, 5.74) is 0.468. The number of rotatable bonds is 29. The van der Waals surface area contributed by atoms with Crippen molar-refractivity contribution >= 4 is 0 Å². The molecule has 0 amide bonds. The van der Waals surface area contributed by atoms with E-state index in [-0.39, 0.29) is 5.79 Å². The van der Waals surface area contributed by atoms with Gasteiger partial charge in [0.05, 0.1) is 0 Å². The molecule has 270 valence electrons. The largest absolute Gasteiger partial charge is 0.343 e. The van der Waals surface area contributed by atoms with Crippen LogP contribution >= 0.6 is 0 Å². The van der Waals surface area contributed by atoms with E-state index in [2.05, 4.69) is 74.4 Å². The van der Waals surface area contributed by atoms with E-state index in [1.165, 1.54) is 148 Å². The summed E-state index contributed by atoms with van der Waals surface area (Å²) in [4.78, 5) is 2.36. The van der Waals surface area contributed by atoms with E-state index < -0.39 is 0 Å². The average molecular weight is 652 g/mol. The Morgan fingerprint density at radius 2 is 0.872 bits per heavy atom. The minimum atomic E-state index is -0.242. The lowest BCUT2D eigenvalue weighted by atomic mass is 9.59. The Kier molecular flexibility index (Phi) is 21.3. The van der Waals surface area contributed by atoms with Crippen LogP contribution in [0, 0.1) is 5.41 Å². The van der Waals surface area contributed by atoms with E-state index in [1.807, 2.05) is 0 Å². The van der Waals surface area contributed by atoms with Gasteiger partial charge in [-0.2, -0.15) is 0 Å². The minimum absolute atomic E-state index is 0.242. The highest BCUT2D eigenvalue weighted by Gasteiger charge is 2.62. The smallest absolute Gasteiger partial charge is 0.170 e. The first-order valence-electron chi connectivity index (χ1n) is 20.7. The van der Waals surface area contributed by atoms with Crippen LogP contribution in [0.4, 0.5) is 0 Å². The van der Waals surface area contributed by atoms with Crippen LogP contribution in [0.15, 0.2) is 48.6 Å². The first-order valence-corrected chi connectivity index (χ1v) is 20.7. The summed E-state index contributed by atoms with van der Waals surface area (Å²) in [6, 6.07) is 0. The fourth-order valence-corrected chi connectivity index (χ4v) is 8.25. The number of ether oxygens (including phenoxy) is 2.